The van der Waals surface area contributed by atoms with Crippen LogP contribution in [0.4, 0.5) is 15.8 Å². The van der Waals surface area contributed by atoms with Gasteiger partial charge in [-0.1, -0.05) is 30.3 Å². The fourth-order valence-corrected chi connectivity index (χ4v) is 2.56. The van der Waals surface area contributed by atoms with Crippen molar-refractivity contribution in [2.75, 3.05) is 17.7 Å². The molecule has 2 N–H and O–H groups in total. The van der Waals surface area contributed by atoms with E-state index < -0.39 is 0 Å². The summed E-state index contributed by atoms with van der Waals surface area (Å²) in [6, 6.07) is 20.7. The molecule has 0 unspecified atom stereocenters. The van der Waals surface area contributed by atoms with Gasteiger partial charge < -0.3 is 15.4 Å². The van der Waals surface area contributed by atoms with Crippen LogP contribution >= 0.6 is 0 Å². The topological polar surface area (TPSA) is 50.4 Å². The van der Waals surface area contributed by atoms with Gasteiger partial charge in [-0.05, 0) is 48.0 Å². The molecule has 3 rings (SSSR count). The first kappa shape index (κ1) is 17.5. The van der Waals surface area contributed by atoms with Crippen molar-refractivity contribution in [1.82, 2.24) is 0 Å². The average Bonchev–Trinajstić information content (AvgIpc) is 2.67. The van der Waals surface area contributed by atoms with E-state index in [1.807, 2.05) is 36.4 Å². The summed E-state index contributed by atoms with van der Waals surface area (Å²) in [7, 11) is 1.56. The number of para-hydroxylation sites is 1. The second kappa shape index (κ2) is 8.16. The first-order chi connectivity index (χ1) is 12.7. The minimum Gasteiger partial charge on any atom is -0.495 e. The molecule has 0 heterocycles. The van der Waals surface area contributed by atoms with Gasteiger partial charge >= 0.3 is 0 Å². The number of rotatable bonds is 6. The zero-order valence-electron chi connectivity index (χ0n) is 14.3. The minimum absolute atomic E-state index is 0.215. The van der Waals surface area contributed by atoms with Crippen LogP contribution in [-0.2, 0) is 6.54 Å². The Labute approximate surface area is 151 Å². The summed E-state index contributed by atoms with van der Waals surface area (Å²) in [5.41, 5.74) is 2.68. The summed E-state index contributed by atoms with van der Waals surface area (Å²) in [6.07, 6.45) is 0. The summed E-state index contributed by atoms with van der Waals surface area (Å²) in [4.78, 5) is 12.5. The molecule has 26 heavy (non-hydrogen) atoms. The number of hydrogen-bond donors (Lipinski definition) is 2. The van der Waals surface area contributed by atoms with Gasteiger partial charge in [-0.25, -0.2) is 4.39 Å². The number of halogens is 1. The van der Waals surface area contributed by atoms with Crippen molar-refractivity contribution in [2.45, 2.75) is 6.54 Å². The molecule has 0 bridgehead atoms. The van der Waals surface area contributed by atoms with Gasteiger partial charge in [0, 0.05) is 17.8 Å². The van der Waals surface area contributed by atoms with E-state index in [0.29, 0.717) is 23.5 Å². The molecule has 0 aliphatic rings. The quantitative estimate of drug-likeness (QED) is 0.677. The van der Waals surface area contributed by atoms with Crippen LogP contribution in [0.3, 0.4) is 0 Å². The van der Waals surface area contributed by atoms with E-state index in [1.165, 1.54) is 12.1 Å². The molecule has 0 saturated carbocycles. The molecular weight excluding hydrogens is 331 g/mol. The summed E-state index contributed by atoms with van der Waals surface area (Å²) in [6.45, 7) is 0.415. The summed E-state index contributed by atoms with van der Waals surface area (Å²) >= 11 is 0. The molecule has 132 valence electrons. The number of carbonyl (C=O) groups is 1. The molecule has 0 fully saturated rings. The van der Waals surface area contributed by atoms with Crippen LogP contribution in [0.2, 0.25) is 0 Å². The lowest BCUT2D eigenvalue weighted by Crippen LogP contribution is -2.12. The Morgan fingerprint density at radius 1 is 1.00 bits per heavy atom. The predicted molar refractivity (Wildman–Crippen MR) is 101 cm³/mol. The third kappa shape index (κ3) is 4.39. The number of nitrogens with one attached hydrogen (secondary N) is 2. The van der Waals surface area contributed by atoms with Crippen LogP contribution in [-0.4, -0.2) is 13.0 Å². The molecule has 1 amide bonds. The fourth-order valence-electron chi connectivity index (χ4n) is 2.56. The number of hydrogen-bond acceptors (Lipinski definition) is 3. The molecular formula is C21H19FN2O2. The highest BCUT2D eigenvalue weighted by Gasteiger charge is 2.11. The van der Waals surface area contributed by atoms with Crippen LogP contribution < -0.4 is 15.4 Å². The SMILES string of the molecule is COc1ccc(C(=O)Nc2ccccc2)cc1NCc1cccc(F)c1. The van der Waals surface area contributed by atoms with Gasteiger partial charge in [0.2, 0.25) is 0 Å². The first-order valence-corrected chi connectivity index (χ1v) is 8.18. The first-order valence-electron chi connectivity index (χ1n) is 8.18. The van der Waals surface area contributed by atoms with Gasteiger partial charge in [0.15, 0.2) is 0 Å². The smallest absolute Gasteiger partial charge is 0.255 e. The molecule has 3 aromatic carbocycles. The normalized spacial score (nSPS) is 10.2. The number of methoxy groups -OCH3 is 1. The van der Waals surface area contributed by atoms with Crippen LogP contribution in [0.15, 0.2) is 72.8 Å². The molecule has 4 nitrogen and oxygen atoms in total. The maximum absolute atomic E-state index is 13.3. The third-order valence-electron chi connectivity index (χ3n) is 3.87. The second-order valence-corrected chi connectivity index (χ2v) is 5.72. The number of carbonyl (C=O) groups excluding carboxylic acids is 1. The van der Waals surface area contributed by atoms with Crippen molar-refractivity contribution < 1.29 is 13.9 Å². The minimum atomic E-state index is -0.285. The molecule has 0 aliphatic carbocycles. The number of amides is 1. The maximum Gasteiger partial charge on any atom is 0.255 e. The van der Waals surface area contributed by atoms with E-state index in [-0.39, 0.29) is 11.7 Å². The van der Waals surface area contributed by atoms with Crippen molar-refractivity contribution >= 4 is 17.3 Å². The van der Waals surface area contributed by atoms with E-state index in [1.54, 1.807) is 31.4 Å². The van der Waals surface area contributed by atoms with Crippen LogP contribution in [0.25, 0.3) is 0 Å². The zero-order chi connectivity index (χ0) is 18.4. The molecule has 0 aromatic heterocycles. The fraction of sp³-hybridized carbons (Fsp3) is 0.0952. The Bertz CT molecular complexity index is 898. The van der Waals surface area contributed by atoms with Crippen molar-refractivity contribution in [1.29, 1.82) is 0 Å². The Balaban J connectivity index is 1.76. The summed E-state index contributed by atoms with van der Waals surface area (Å²) < 4.78 is 18.7. The van der Waals surface area contributed by atoms with Crippen molar-refractivity contribution in [3.8, 4) is 5.75 Å². The maximum atomic E-state index is 13.3. The number of anilines is 2. The van der Waals surface area contributed by atoms with Gasteiger partial charge in [0.05, 0.1) is 12.8 Å². The summed E-state index contributed by atoms with van der Waals surface area (Å²) in [5, 5.41) is 6.04. The van der Waals surface area contributed by atoms with Gasteiger partial charge in [0.1, 0.15) is 11.6 Å². The lowest BCUT2D eigenvalue weighted by Gasteiger charge is -2.13. The van der Waals surface area contributed by atoms with E-state index in [0.717, 1.165) is 11.3 Å². The molecule has 0 aliphatic heterocycles. The van der Waals surface area contributed by atoms with Crippen molar-refractivity contribution in [2.24, 2.45) is 0 Å². The standard InChI is InChI=1S/C21H19FN2O2/c1-26-20-11-10-16(21(25)24-18-8-3-2-4-9-18)13-19(20)23-14-15-6-5-7-17(22)12-15/h2-13,23H,14H2,1H3,(H,24,25). The van der Waals surface area contributed by atoms with E-state index in [2.05, 4.69) is 10.6 Å². The molecule has 3 aromatic rings. The highest BCUT2D eigenvalue weighted by atomic mass is 19.1. The van der Waals surface area contributed by atoms with Gasteiger partial charge in [0.25, 0.3) is 5.91 Å². The second-order valence-electron chi connectivity index (χ2n) is 5.72. The van der Waals surface area contributed by atoms with E-state index >= 15 is 0 Å². The Morgan fingerprint density at radius 3 is 2.54 bits per heavy atom. The highest BCUT2D eigenvalue weighted by Crippen LogP contribution is 2.26. The molecule has 0 atom stereocenters. The predicted octanol–water partition coefficient (Wildman–Crippen LogP) is 4.70. The molecule has 5 heteroatoms. The number of ether oxygens (including phenoxy) is 1. The number of benzene rings is 3. The largest absolute Gasteiger partial charge is 0.495 e. The van der Waals surface area contributed by atoms with E-state index in [4.69, 9.17) is 4.74 Å². The van der Waals surface area contributed by atoms with Gasteiger partial charge in [-0.15, -0.1) is 0 Å². The Hall–Kier alpha value is -3.34. The lowest BCUT2D eigenvalue weighted by atomic mass is 10.1. The van der Waals surface area contributed by atoms with Gasteiger partial charge in [-0.3, -0.25) is 4.79 Å². The van der Waals surface area contributed by atoms with Crippen LogP contribution in [0.5, 0.6) is 5.75 Å². The Morgan fingerprint density at radius 2 is 1.81 bits per heavy atom. The zero-order valence-corrected chi connectivity index (χ0v) is 14.3. The van der Waals surface area contributed by atoms with Crippen LogP contribution in [0.1, 0.15) is 15.9 Å². The van der Waals surface area contributed by atoms with Crippen LogP contribution in [0, 0.1) is 5.82 Å². The van der Waals surface area contributed by atoms with Crippen molar-refractivity contribution in [3.05, 3.63) is 89.7 Å². The molecule has 0 radical (unpaired) electrons. The monoisotopic (exact) mass is 350 g/mol. The lowest BCUT2D eigenvalue weighted by molar-refractivity contribution is 0.102. The summed E-state index contributed by atoms with van der Waals surface area (Å²) in [5.74, 6) is 0.109. The highest BCUT2D eigenvalue weighted by molar-refractivity contribution is 6.05. The molecule has 0 saturated heterocycles. The third-order valence-corrected chi connectivity index (χ3v) is 3.87. The average molecular weight is 350 g/mol. The van der Waals surface area contributed by atoms with Gasteiger partial charge in [-0.2, -0.15) is 0 Å². The molecule has 0 spiro atoms. The Kier molecular flexibility index (Phi) is 5.49. The van der Waals surface area contributed by atoms with Crippen molar-refractivity contribution in [3.63, 3.8) is 0 Å². The van der Waals surface area contributed by atoms with E-state index in [9.17, 15) is 9.18 Å².